The predicted octanol–water partition coefficient (Wildman–Crippen LogP) is 4.04. The van der Waals surface area contributed by atoms with Crippen LogP contribution in [0.15, 0.2) is 47.4 Å². The van der Waals surface area contributed by atoms with E-state index in [9.17, 15) is 23.7 Å². The number of thioether (sulfide) groups is 1. The van der Waals surface area contributed by atoms with E-state index < -0.39 is 16.6 Å². The summed E-state index contributed by atoms with van der Waals surface area (Å²) in [4.78, 5) is 23.0. The van der Waals surface area contributed by atoms with Crippen LogP contribution >= 0.6 is 11.8 Å². The van der Waals surface area contributed by atoms with Crippen LogP contribution in [-0.2, 0) is 0 Å². The molecule has 3 rings (SSSR count). The van der Waals surface area contributed by atoms with E-state index in [0.29, 0.717) is 33.2 Å². The van der Waals surface area contributed by atoms with E-state index in [0.717, 1.165) is 0 Å². The van der Waals surface area contributed by atoms with E-state index in [2.05, 4.69) is 15.5 Å². The largest absolute Gasteiger partial charge is 0.321 e. The number of aromatic amines is 1. The number of carbonyl (C=O) groups is 1. The number of H-pyrrole nitrogens is 1. The Morgan fingerprint density at radius 1 is 1.24 bits per heavy atom. The molecule has 1 heterocycles. The number of anilines is 1. The Kier molecular flexibility index (Phi) is 4.61. The molecule has 0 saturated heterocycles. The number of nitrogens with zero attached hydrogens (tertiary/aromatic N) is 2. The molecule has 0 aliphatic heterocycles. The molecule has 0 fully saturated rings. The number of fused-ring (bicyclic) bond motifs is 1. The van der Waals surface area contributed by atoms with Gasteiger partial charge in [-0.2, -0.15) is 13.9 Å². The minimum atomic E-state index is -2.52. The summed E-state index contributed by atoms with van der Waals surface area (Å²) in [5, 5.41) is 20.3. The Labute approximate surface area is 143 Å². The van der Waals surface area contributed by atoms with E-state index in [-0.39, 0.29) is 11.4 Å². The molecule has 0 aliphatic carbocycles. The summed E-state index contributed by atoms with van der Waals surface area (Å²) in [7, 11) is 0. The molecule has 25 heavy (non-hydrogen) atoms. The average molecular weight is 364 g/mol. The first-order valence-electron chi connectivity index (χ1n) is 6.93. The molecule has 3 aromatic rings. The monoisotopic (exact) mass is 364 g/mol. The fraction of sp³-hybridized carbons (Fsp3) is 0.0667. The molecule has 0 unspecified atom stereocenters. The van der Waals surface area contributed by atoms with Gasteiger partial charge in [0.2, 0.25) is 0 Å². The number of rotatable bonds is 5. The Bertz CT molecular complexity index is 944. The molecule has 1 amide bonds. The van der Waals surface area contributed by atoms with Gasteiger partial charge >= 0.3 is 0 Å². The maximum Gasteiger partial charge on any atom is 0.288 e. The van der Waals surface area contributed by atoms with Gasteiger partial charge in [-0.1, -0.05) is 11.8 Å². The van der Waals surface area contributed by atoms with Crippen molar-refractivity contribution in [2.24, 2.45) is 0 Å². The molecule has 0 atom stereocenters. The van der Waals surface area contributed by atoms with Crippen molar-refractivity contribution in [3.8, 4) is 0 Å². The Morgan fingerprint density at radius 2 is 1.96 bits per heavy atom. The molecule has 2 N–H and O–H groups in total. The van der Waals surface area contributed by atoms with Gasteiger partial charge in [0.25, 0.3) is 17.4 Å². The van der Waals surface area contributed by atoms with Gasteiger partial charge < -0.3 is 5.32 Å². The van der Waals surface area contributed by atoms with Gasteiger partial charge in [-0.05, 0) is 30.3 Å². The molecular weight excluding hydrogens is 354 g/mol. The Morgan fingerprint density at radius 3 is 2.60 bits per heavy atom. The molecule has 0 saturated carbocycles. The van der Waals surface area contributed by atoms with E-state index in [1.54, 1.807) is 0 Å². The van der Waals surface area contributed by atoms with Crippen LogP contribution in [0.5, 0.6) is 0 Å². The van der Waals surface area contributed by atoms with Crippen LogP contribution in [0.2, 0.25) is 0 Å². The zero-order valence-corrected chi connectivity index (χ0v) is 13.2. The number of nitro benzene ring substituents is 1. The molecule has 7 nitrogen and oxygen atoms in total. The lowest BCUT2D eigenvalue weighted by molar-refractivity contribution is -0.384. The summed E-state index contributed by atoms with van der Waals surface area (Å²) in [6.45, 7) is 0. The van der Waals surface area contributed by atoms with E-state index in [1.807, 2.05) is 0 Å². The molecular formula is C15H10F2N4O3S. The number of halogens is 2. The molecule has 0 aliphatic rings. The third kappa shape index (κ3) is 3.74. The quantitative estimate of drug-likeness (QED) is 0.404. The smallest absolute Gasteiger partial charge is 0.288 e. The topological polar surface area (TPSA) is 101 Å². The lowest BCUT2D eigenvalue weighted by atomic mass is 10.2. The van der Waals surface area contributed by atoms with Gasteiger partial charge in [-0.25, -0.2) is 0 Å². The van der Waals surface area contributed by atoms with Crippen molar-refractivity contribution >= 4 is 39.9 Å². The van der Waals surface area contributed by atoms with Crippen LogP contribution in [0.25, 0.3) is 10.9 Å². The molecule has 0 radical (unpaired) electrons. The van der Waals surface area contributed by atoms with Crippen LogP contribution in [0, 0.1) is 10.1 Å². The molecule has 128 valence electrons. The molecule has 0 bridgehead atoms. The van der Waals surface area contributed by atoms with E-state index in [1.165, 1.54) is 42.5 Å². The highest BCUT2D eigenvalue weighted by Gasteiger charge is 2.17. The van der Waals surface area contributed by atoms with Gasteiger partial charge in [-0.15, -0.1) is 0 Å². The summed E-state index contributed by atoms with van der Waals surface area (Å²) in [6.07, 6.45) is 0. The number of alkyl halides is 2. The lowest BCUT2D eigenvalue weighted by Gasteiger charge is -2.05. The first kappa shape index (κ1) is 16.8. The van der Waals surface area contributed by atoms with Crippen molar-refractivity contribution in [3.05, 3.63) is 58.3 Å². The number of non-ortho nitro benzene ring substituents is 1. The highest BCUT2D eigenvalue weighted by molar-refractivity contribution is 7.99. The number of aromatic nitrogens is 2. The fourth-order valence-corrected chi connectivity index (χ4v) is 2.70. The van der Waals surface area contributed by atoms with Crippen LogP contribution in [0.4, 0.5) is 20.2 Å². The van der Waals surface area contributed by atoms with Gasteiger partial charge in [0.1, 0.15) is 0 Å². The second-order valence-electron chi connectivity index (χ2n) is 4.92. The van der Waals surface area contributed by atoms with Gasteiger partial charge in [0.15, 0.2) is 5.69 Å². The third-order valence-electron chi connectivity index (χ3n) is 3.31. The normalized spacial score (nSPS) is 11.0. The number of hydrogen-bond donors (Lipinski definition) is 2. The summed E-state index contributed by atoms with van der Waals surface area (Å²) in [5.41, 5.74) is 0.727. The van der Waals surface area contributed by atoms with Crippen LogP contribution in [0.3, 0.4) is 0 Å². The number of amides is 1. The highest BCUT2D eigenvalue weighted by atomic mass is 32.2. The minimum absolute atomic E-state index is 0.00438. The molecule has 1 aromatic heterocycles. The SMILES string of the molecule is O=C(Nc1ccc(SC(F)F)cc1)c1n[nH]c2ccc([N+](=O)[O-])cc12. The standard InChI is InChI=1S/C15H10F2N4O3S/c16-15(17)25-10-4-1-8(2-5-10)18-14(22)13-11-7-9(21(23)24)3-6-12(11)19-20-13/h1-7,15H,(H,18,22)(H,19,20). The zero-order valence-electron chi connectivity index (χ0n) is 12.4. The van der Waals surface area contributed by atoms with Crippen molar-refractivity contribution in [3.63, 3.8) is 0 Å². The van der Waals surface area contributed by atoms with E-state index >= 15 is 0 Å². The van der Waals surface area contributed by atoms with Crippen LogP contribution < -0.4 is 5.32 Å². The second-order valence-corrected chi connectivity index (χ2v) is 5.98. The summed E-state index contributed by atoms with van der Waals surface area (Å²) < 4.78 is 24.6. The van der Waals surface area contributed by atoms with Crippen LogP contribution in [0.1, 0.15) is 10.5 Å². The first-order chi connectivity index (χ1) is 11.9. The van der Waals surface area contributed by atoms with Crippen molar-refractivity contribution in [2.45, 2.75) is 10.7 Å². The maximum atomic E-state index is 12.3. The number of hydrogen-bond acceptors (Lipinski definition) is 5. The van der Waals surface area contributed by atoms with Crippen molar-refractivity contribution < 1.29 is 18.5 Å². The summed E-state index contributed by atoms with van der Waals surface area (Å²) in [6, 6.07) is 9.92. The summed E-state index contributed by atoms with van der Waals surface area (Å²) >= 11 is 0.403. The highest BCUT2D eigenvalue weighted by Crippen LogP contribution is 2.27. The molecule has 0 spiro atoms. The van der Waals surface area contributed by atoms with Gasteiger partial charge in [0, 0.05) is 28.1 Å². The second kappa shape index (κ2) is 6.85. The molecule has 10 heteroatoms. The lowest BCUT2D eigenvalue weighted by Crippen LogP contribution is -2.12. The zero-order chi connectivity index (χ0) is 18.0. The van der Waals surface area contributed by atoms with Crippen molar-refractivity contribution in [1.29, 1.82) is 0 Å². The maximum absolute atomic E-state index is 12.3. The Hall–Kier alpha value is -3.01. The number of nitrogens with one attached hydrogen (secondary N) is 2. The average Bonchev–Trinajstić information content (AvgIpc) is 2.99. The molecule has 2 aromatic carbocycles. The Balaban J connectivity index is 1.82. The first-order valence-corrected chi connectivity index (χ1v) is 7.81. The predicted molar refractivity (Wildman–Crippen MR) is 89.0 cm³/mol. The minimum Gasteiger partial charge on any atom is -0.321 e. The van der Waals surface area contributed by atoms with Gasteiger partial charge in [0.05, 0.1) is 10.4 Å². The van der Waals surface area contributed by atoms with Crippen molar-refractivity contribution in [2.75, 3.05) is 5.32 Å². The number of carbonyl (C=O) groups excluding carboxylic acids is 1. The van der Waals surface area contributed by atoms with Crippen LogP contribution in [-0.4, -0.2) is 26.8 Å². The van der Waals surface area contributed by atoms with Gasteiger partial charge in [-0.3, -0.25) is 20.0 Å². The van der Waals surface area contributed by atoms with E-state index in [4.69, 9.17) is 0 Å². The fourth-order valence-electron chi connectivity index (χ4n) is 2.20. The third-order valence-corrected chi connectivity index (χ3v) is 4.03. The number of benzene rings is 2. The summed E-state index contributed by atoms with van der Waals surface area (Å²) in [5.74, 6) is -3.09. The number of nitro groups is 1. The van der Waals surface area contributed by atoms with Crippen molar-refractivity contribution in [1.82, 2.24) is 10.2 Å².